The highest BCUT2D eigenvalue weighted by atomic mass is 79.9. The maximum absolute atomic E-state index is 13.4. The first kappa shape index (κ1) is 20.7. The summed E-state index contributed by atoms with van der Waals surface area (Å²) in [6.45, 7) is 1.66. The Kier molecular flexibility index (Phi) is 5.46. The van der Waals surface area contributed by atoms with Crippen LogP contribution >= 0.6 is 27.5 Å². The Hall–Kier alpha value is -2.58. The molecule has 0 fully saturated rings. The minimum absolute atomic E-state index is 0.0139. The van der Waals surface area contributed by atoms with E-state index in [1.807, 2.05) is 36.4 Å². The normalized spacial score (nSPS) is 11.8. The third-order valence-electron chi connectivity index (χ3n) is 4.26. The molecule has 0 N–H and O–H groups in total. The topological polar surface area (TPSA) is 52.8 Å². The molecule has 0 bridgehead atoms. The molecule has 4 aromatic rings. The largest absolute Gasteiger partial charge is 0.470 e. The number of aromatic nitrogens is 4. The molecule has 4 rings (SSSR count). The highest BCUT2D eigenvalue weighted by Crippen LogP contribution is 2.36. The number of hydrogen-bond acceptors (Lipinski definition) is 4. The first-order valence-electron chi connectivity index (χ1n) is 9.02. The molecule has 0 atom stereocenters. The summed E-state index contributed by atoms with van der Waals surface area (Å²) in [5.74, 6) is -2.60. The average molecular weight is 494 g/mol. The molecule has 2 aromatic carbocycles. The third kappa shape index (κ3) is 4.15. The predicted octanol–water partition coefficient (Wildman–Crippen LogP) is 6.24. The summed E-state index contributed by atoms with van der Waals surface area (Å²) in [7, 11) is 0. The second-order valence-electron chi connectivity index (χ2n) is 6.85. The number of alkyl halides is 2. The molecule has 2 aromatic heterocycles. The van der Waals surface area contributed by atoms with E-state index in [0.29, 0.717) is 27.6 Å². The SMILES string of the molecule is Cc1nc(OCC(C)(F)F)c2nn(-c3ccccc3Br)c(-c3ccc(Cl)cc3)c2n1. The van der Waals surface area contributed by atoms with Gasteiger partial charge in [-0.25, -0.2) is 18.4 Å². The Balaban J connectivity index is 2.00. The Morgan fingerprint density at radius 2 is 1.77 bits per heavy atom. The molecule has 0 saturated heterocycles. The Labute approximate surface area is 184 Å². The van der Waals surface area contributed by atoms with Crippen molar-refractivity contribution in [1.29, 1.82) is 0 Å². The average Bonchev–Trinajstić information content (AvgIpc) is 3.05. The first-order chi connectivity index (χ1) is 14.2. The molecule has 2 heterocycles. The van der Waals surface area contributed by atoms with Crippen LogP contribution in [0.1, 0.15) is 12.7 Å². The molecule has 30 heavy (non-hydrogen) atoms. The number of halogens is 4. The van der Waals surface area contributed by atoms with Crippen LogP contribution in [0.3, 0.4) is 0 Å². The third-order valence-corrected chi connectivity index (χ3v) is 5.18. The van der Waals surface area contributed by atoms with E-state index in [1.165, 1.54) is 0 Å². The summed E-state index contributed by atoms with van der Waals surface area (Å²) < 4.78 is 34.6. The number of hydrogen-bond donors (Lipinski definition) is 0. The van der Waals surface area contributed by atoms with Crippen LogP contribution in [0.15, 0.2) is 53.0 Å². The minimum Gasteiger partial charge on any atom is -0.470 e. The fourth-order valence-corrected chi connectivity index (χ4v) is 3.59. The van der Waals surface area contributed by atoms with Crippen molar-refractivity contribution in [2.75, 3.05) is 6.61 Å². The second-order valence-corrected chi connectivity index (χ2v) is 8.14. The highest BCUT2D eigenvalue weighted by Gasteiger charge is 2.26. The lowest BCUT2D eigenvalue weighted by Gasteiger charge is -2.11. The summed E-state index contributed by atoms with van der Waals surface area (Å²) in [5, 5.41) is 5.24. The molecule has 0 amide bonds. The molecule has 0 aliphatic carbocycles. The van der Waals surface area contributed by atoms with Crippen LogP contribution in [0.4, 0.5) is 8.78 Å². The van der Waals surface area contributed by atoms with Crippen molar-refractivity contribution >= 4 is 38.6 Å². The van der Waals surface area contributed by atoms with Gasteiger partial charge in [0.2, 0.25) is 5.88 Å². The van der Waals surface area contributed by atoms with E-state index in [2.05, 4.69) is 31.0 Å². The van der Waals surface area contributed by atoms with Gasteiger partial charge in [0.25, 0.3) is 5.92 Å². The van der Waals surface area contributed by atoms with Gasteiger partial charge in [0.15, 0.2) is 12.1 Å². The number of fused-ring (bicyclic) bond motifs is 1. The zero-order valence-corrected chi connectivity index (χ0v) is 18.4. The number of rotatable bonds is 5. The van der Waals surface area contributed by atoms with E-state index >= 15 is 0 Å². The van der Waals surface area contributed by atoms with Crippen LogP contribution in [0.25, 0.3) is 28.0 Å². The van der Waals surface area contributed by atoms with Crippen molar-refractivity contribution in [3.05, 3.63) is 63.9 Å². The molecule has 0 radical (unpaired) electrons. The Bertz CT molecular complexity index is 1220. The zero-order chi connectivity index (χ0) is 21.5. The van der Waals surface area contributed by atoms with Crippen molar-refractivity contribution in [2.45, 2.75) is 19.8 Å². The summed E-state index contributed by atoms with van der Waals surface area (Å²) in [6.07, 6.45) is 0. The monoisotopic (exact) mass is 492 g/mol. The summed E-state index contributed by atoms with van der Waals surface area (Å²) in [6, 6.07) is 14.8. The maximum atomic E-state index is 13.4. The van der Waals surface area contributed by atoms with Crippen molar-refractivity contribution in [3.63, 3.8) is 0 Å². The number of nitrogens with zero attached hydrogens (tertiary/aromatic N) is 4. The molecule has 0 spiro atoms. The van der Waals surface area contributed by atoms with Crippen LogP contribution in [0.5, 0.6) is 5.88 Å². The van der Waals surface area contributed by atoms with Crippen LogP contribution in [0, 0.1) is 6.92 Å². The number of ether oxygens (including phenoxy) is 1. The Morgan fingerprint density at radius 1 is 1.07 bits per heavy atom. The lowest BCUT2D eigenvalue weighted by Crippen LogP contribution is -2.21. The standard InChI is InChI=1S/C21H16BrClF2N4O/c1-12-26-17-18(20(27-12)30-11-21(2,24)25)28-29(16-6-4-3-5-15(16)22)19(17)13-7-9-14(23)10-8-13/h3-10H,11H2,1-2H3. The van der Waals surface area contributed by atoms with Crippen LogP contribution in [0.2, 0.25) is 5.02 Å². The molecule has 5 nitrogen and oxygen atoms in total. The zero-order valence-electron chi connectivity index (χ0n) is 16.0. The molecule has 0 aliphatic heterocycles. The van der Waals surface area contributed by atoms with Gasteiger partial charge in [-0.1, -0.05) is 35.9 Å². The molecular weight excluding hydrogens is 478 g/mol. The Morgan fingerprint density at radius 3 is 2.43 bits per heavy atom. The summed E-state index contributed by atoms with van der Waals surface area (Å²) >= 11 is 9.61. The first-order valence-corrected chi connectivity index (χ1v) is 10.2. The number of aryl methyl sites for hydroxylation is 1. The van der Waals surface area contributed by atoms with Crippen molar-refractivity contribution < 1.29 is 13.5 Å². The van der Waals surface area contributed by atoms with Gasteiger partial charge < -0.3 is 4.74 Å². The van der Waals surface area contributed by atoms with Crippen LogP contribution in [-0.2, 0) is 0 Å². The van der Waals surface area contributed by atoms with E-state index in [0.717, 1.165) is 22.6 Å². The van der Waals surface area contributed by atoms with E-state index in [9.17, 15) is 8.78 Å². The van der Waals surface area contributed by atoms with Gasteiger partial charge in [0.05, 0.1) is 5.69 Å². The minimum atomic E-state index is -3.00. The lowest BCUT2D eigenvalue weighted by molar-refractivity contribution is -0.0238. The molecular formula is C21H16BrClF2N4O. The van der Waals surface area contributed by atoms with Gasteiger partial charge in [0, 0.05) is 22.0 Å². The molecule has 0 aliphatic rings. The number of benzene rings is 2. The van der Waals surface area contributed by atoms with Gasteiger partial charge in [-0.15, -0.1) is 0 Å². The summed E-state index contributed by atoms with van der Waals surface area (Å²) in [5.41, 5.74) is 3.03. The van der Waals surface area contributed by atoms with Crippen molar-refractivity contribution in [1.82, 2.24) is 19.7 Å². The quantitative estimate of drug-likeness (QED) is 0.330. The van der Waals surface area contributed by atoms with Crippen LogP contribution < -0.4 is 4.74 Å². The maximum Gasteiger partial charge on any atom is 0.278 e. The molecule has 0 unspecified atom stereocenters. The van der Waals surface area contributed by atoms with E-state index in [1.54, 1.807) is 23.7 Å². The van der Waals surface area contributed by atoms with E-state index in [4.69, 9.17) is 16.3 Å². The molecule has 154 valence electrons. The van der Waals surface area contributed by atoms with Gasteiger partial charge in [-0.3, -0.25) is 0 Å². The smallest absolute Gasteiger partial charge is 0.278 e. The van der Waals surface area contributed by atoms with Gasteiger partial charge in [0.1, 0.15) is 17.0 Å². The van der Waals surface area contributed by atoms with E-state index in [-0.39, 0.29) is 5.88 Å². The summed E-state index contributed by atoms with van der Waals surface area (Å²) in [4.78, 5) is 8.75. The fraction of sp³-hybridized carbons (Fsp3) is 0.190. The van der Waals surface area contributed by atoms with Gasteiger partial charge in [-0.05, 0) is 47.1 Å². The molecule has 9 heteroatoms. The van der Waals surface area contributed by atoms with Crippen molar-refractivity contribution in [2.24, 2.45) is 0 Å². The molecule has 0 saturated carbocycles. The number of para-hydroxylation sites is 1. The van der Waals surface area contributed by atoms with E-state index < -0.39 is 12.5 Å². The second kappa shape index (κ2) is 7.92. The highest BCUT2D eigenvalue weighted by molar-refractivity contribution is 9.10. The predicted molar refractivity (Wildman–Crippen MR) is 116 cm³/mol. The van der Waals surface area contributed by atoms with Crippen molar-refractivity contribution in [3.8, 4) is 22.8 Å². The van der Waals surface area contributed by atoms with Gasteiger partial charge in [-0.2, -0.15) is 10.1 Å². The van der Waals surface area contributed by atoms with Crippen LogP contribution in [-0.4, -0.2) is 32.3 Å². The van der Waals surface area contributed by atoms with Gasteiger partial charge >= 0.3 is 0 Å². The fourth-order valence-electron chi connectivity index (χ4n) is 3.01. The lowest BCUT2D eigenvalue weighted by atomic mass is 10.1.